The Balaban J connectivity index is 1.71. The van der Waals surface area contributed by atoms with Crippen molar-refractivity contribution in [2.24, 2.45) is 5.92 Å². The van der Waals surface area contributed by atoms with Crippen LogP contribution in [0.2, 0.25) is 0 Å². The van der Waals surface area contributed by atoms with Gasteiger partial charge in [0.25, 0.3) is 11.8 Å². The highest BCUT2D eigenvalue weighted by Crippen LogP contribution is 2.19. The zero-order valence-corrected chi connectivity index (χ0v) is 15.9. The largest absolute Gasteiger partial charge is 0.336 e. The normalized spacial score (nSPS) is 23.8. The molecule has 2 aliphatic rings. The number of amides is 2. The van der Waals surface area contributed by atoms with Gasteiger partial charge in [-0.3, -0.25) is 14.8 Å². The van der Waals surface area contributed by atoms with Gasteiger partial charge in [-0.2, -0.15) is 0 Å². The van der Waals surface area contributed by atoms with E-state index in [0.29, 0.717) is 17.9 Å². The predicted molar refractivity (Wildman–Crippen MR) is 107 cm³/mol. The number of carbonyl (C=O) groups is 2. The van der Waals surface area contributed by atoms with E-state index in [0.717, 1.165) is 30.5 Å². The maximum Gasteiger partial charge on any atom is 0.270 e. The van der Waals surface area contributed by atoms with Crippen molar-refractivity contribution in [3.63, 3.8) is 0 Å². The van der Waals surface area contributed by atoms with Crippen LogP contribution in [-0.2, 0) is 4.79 Å². The van der Waals surface area contributed by atoms with Crippen molar-refractivity contribution in [1.82, 2.24) is 16.1 Å². The van der Waals surface area contributed by atoms with E-state index >= 15 is 0 Å². The van der Waals surface area contributed by atoms with E-state index in [1.54, 1.807) is 29.7 Å². The molecule has 0 aromatic heterocycles. The first-order valence-corrected chi connectivity index (χ1v) is 9.51. The van der Waals surface area contributed by atoms with Gasteiger partial charge < -0.3 is 10.6 Å². The van der Waals surface area contributed by atoms with Crippen molar-refractivity contribution in [1.29, 1.82) is 0 Å². The van der Waals surface area contributed by atoms with Crippen molar-refractivity contribution in [2.75, 3.05) is 13.1 Å². The number of rotatable bonds is 3. The first-order valence-electron chi connectivity index (χ1n) is 9.51. The molecule has 0 radical (unpaired) electrons. The summed E-state index contributed by atoms with van der Waals surface area (Å²) < 4.78 is 0. The lowest BCUT2D eigenvalue weighted by molar-refractivity contribution is -0.136. The molecule has 1 saturated heterocycles. The van der Waals surface area contributed by atoms with Crippen LogP contribution in [0.1, 0.15) is 42.1 Å². The number of nitrogens with one attached hydrogen (secondary N) is 3. The molecule has 4 N–H and O–H groups in total. The number of carbonyl (C=O) groups excluding carboxylic acids is 2. The Hall–Kier alpha value is -2.88. The average molecular weight is 379 g/mol. The number of hydrogen-bond donors (Lipinski definition) is 4. The molecule has 1 unspecified atom stereocenters. The van der Waals surface area contributed by atoms with Crippen molar-refractivity contribution in [3.8, 4) is 11.8 Å². The van der Waals surface area contributed by atoms with Crippen LogP contribution in [0.5, 0.6) is 0 Å². The quantitative estimate of drug-likeness (QED) is 0.367. The van der Waals surface area contributed by atoms with Crippen LogP contribution in [0, 0.1) is 17.8 Å². The summed E-state index contributed by atoms with van der Waals surface area (Å²) in [4.78, 5) is 24.8. The summed E-state index contributed by atoms with van der Waals surface area (Å²) in [5.74, 6) is 5.78. The average Bonchev–Trinajstić information content (AvgIpc) is 2.73. The molecule has 146 valence electrons. The van der Waals surface area contributed by atoms with Crippen LogP contribution in [-0.4, -0.2) is 35.7 Å². The summed E-state index contributed by atoms with van der Waals surface area (Å²) in [5.41, 5.74) is 2.88. The number of hydrogen-bond acceptors (Lipinski definition) is 4. The van der Waals surface area contributed by atoms with E-state index in [9.17, 15) is 9.59 Å². The number of allylic oxidation sites excluding steroid dienone is 4. The van der Waals surface area contributed by atoms with E-state index in [1.807, 2.05) is 12.2 Å². The second-order valence-electron chi connectivity index (χ2n) is 7.27. The fourth-order valence-corrected chi connectivity index (χ4v) is 3.42. The van der Waals surface area contributed by atoms with Gasteiger partial charge in [0.1, 0.15) is 5.54 Å². The first kappa shape index (κ1) is 19.9. The van der Waals surface area contributed by atoms with Gasteiger partial charge >= 0.3 is 0 Å². The summed E-state index contributed by atoms with van der Waals surface area (Å²) in [6, 6.07) is 6.98. The highest BCUT2D eigenvalue weighted by Gasteiger charge is 2.41. The fraction of sp³-hybridized carbons (Fsp3) is 0.364. The van der Waals surface area contributed by atoms with Crippen LogP contribution in [0.4, 0.5) is 0 Å². The molecule has 6 nitrogen and oxygen atoms in total. The third kappa shape index (κ3) is 4.50. The number of piperidine rings is 1. The third-order valence-electron chi connectivity index (χ3n) is 5.20. The minimum absolute atomic E-state index is 0.274. The van der Waals surface area contributed by atoms with E-state index in [2.05, 4.69) is 35.5 Å². The molecule has 1 fully saturated rings. The predicted octanol–water partition coefficient (Wildman–Crippen LogP) is 1.92. The molecule has 1 aromatic carbocycles. The number of hydroxylamine groups is 1. The molecular weight excluding hydrogens is 354 g/mol. The van der Waals surface area contributed by atoms with Gasteiger partial charge in [0.15, 0.2) is 0 Å². The van der Waals surface area contributed by atoms with Gasteiger partial charge in [0.2, 0.25) is 0 Å². The Morgan fingerprint density at radius 3 is 2.68 bits per heavy atom. The van der Waals surface area contributed by atoms with Crippen LogP contribution in [0.25, 0.3) is 0 Å². The molecule has 0 spiro atoms. The number of benzene rings is 1. The minimum atomic E-state index is -1.15. The lowest BCUT2D eigenvalue weighted by atomic mass is 9.89. The lowest BCUT2D eigenvalue weighted by Gasteiger charge is -2.36. The maximum atomic E-state index is 12.6. The Bertz CT molecular complexity index is 853. The molecule has 0 saturated carbocycles. The van der Waals surface area contributed by atoms with Crippen molar-refractivity contribution in [2.45, 2.75) is 31.7 Å². The Morgan fingerprint density at radius 2 is 2.04 bits per heavy atom. The Kier molecular flexibility index (Phi) is 6.30. The second kappa shape index (κ2) is 8.87. The maximum absolute atomic E-state index is 12.6. The first-order chi connectivity index (χ1) is 13.5. The highest BCUT2D eigenvalue weighted by molar-refractivity contribution is 5.99. The van der Waals surface area contributed by atoms with E-state index in [1.165, 1.54) is 0 Å². The lowest BCUT2D eigenvalue weighted by Crippen LogP contribution is -2.65. The summed E-state index contributed by atoms with van der Waals surface area (Å²) in [6.45, 7) is 3.20. The molecule has 1 aliphatic carbocycles. The van der Waals surface area contributed by atoms with E-state index in [-0.39, 0.29) is 12.5 Å². The molecule has 1 aliphatic heterocycles. The van der Waals surface area contributed by atoms with Crippen LogP contribution < -0.4 is 16.1 Å². The third-order valence-corrected chi connectivity index (χ3v) is 5.20. The molecule has 2 amide bonds. The van der Waals surface area contributed by atoms with Crippen molar-refractivity contribution in [3.05, 3.63) is 59.2 Å². The molecule has 28 heavy (non-hydrogen) atoms. The van der Waals surface area contributed by atoms with E-state index < -0.39 is 11.4 Å². The van der Waals surface area contributed by atoms with E-state index in [4.69, 9.17) is 5.21 Å². The molecular formula is C22H25N3O3. The highest BCUT2D eigenvalue weighted by atomic mass is 16.5. The molecule has 1 heterocycles. The molecule has 6 heteroatoms. The summed E-state index contributed by atoms with van der Waals surface area (Å²) >= 11 is 0. The van der Waals surface area contributed by atoms with Crippen LogP contribution >= 0.6 is 0 Å². The fourth-order valence-electron chi connectivity index (χ4n) is 3.42. The minimum Gasteiger partial charge on any atom is -0.336 e. The standard InChI is InChI=1S/C22H25N3O3/c1-16-5-2-3-6-18(16)10-7-17-8-11-19(12-9-17)20(26)24-22(21(27)25-28)13-4-14-23-15-22/h2-3,6,8-9,11-12,16,23,28H,4-5,13-15H2,1H3,(H,24,26)(H,25,27)/t16?,22-/m1/s1. The zero-order valence-electron chi connectivity index (χ0n) is 15.9. The summed E-state index contributed by atoms with van der Waals surface area (Å²) in [6.07, 6.45) is 8.38. The Morgan fingerprint density at radius 1 is 1.25 bits per heavy atom. The van der Waals surface area contributed by atoms with Gasteiger partial charge in [0.05, 0.1) is 0 Å². The van der Waals surface area contributed by atoms with Crippen molar-refractivity contribution >= 4 is 11.8 Å². The molecule has 1 aromatic rings. The van der Waals surface area contributed by atoms with Gasteiger partial charge in [0, 0.05) is 23.2 Å². The van der Waals surface area contributed by atoms with Crippen LogP contribution in [0.15, 0.2) is 48.1 Å². The van der Waals surface area contributed by atoms with Crippen LogP contribution in [0.3, 0.4) is 0 Å². The second-order valence-corrected chi connectivity index (χ2v) is 7.27. The summed E-state index contributed by atoms with van der Waals surface area (Å²) in [7, 11) is 0. The SMILES string of the molecule is CC1CC=CC=C1C#Cc1ccc(C(=O)N[C@]2(C(=O)NO)CCCNC2)cc1. The van der Waals surface area contributed by atoms with Crippen molar-refractivity contribution < 1.29 is 14.8 Å². The molecule has 0 bridgehead atoms. The topological polar surface area (TPSA) is 90.5 Å². The van der Waals surface area contributed by atoms with Gasteiger partial charge in [-0.1, -0.05) is 37.0 Å². The summed E-state index contributed by atoms with van der Waals surface area (Å²) in [5, 5.41) is 14.9. The van der Waals surface area contributed by atoms with Gasteiger partial charge in [-0.15, -0.1) is 0 Å². The Labute approximate surface area is 165 Å². The smallest absolute Gasteiger partial charge is 0.270 e. The van der Waals surface area contributed by atoms with Gasteiger partial charge in [-0.05, 0) is 56.0 Å². The molecule has 2 atom stereocenters. The zero-order chi connectivity index (χ0) is 20.0. The van der Waals surface area contributed by atoms with Gasteiger partial charge in [-0.25, -0.2) is 5.48 Å². The molecule has 3 rings (SSSR count). The monoisotopic (exact) mass is 379 g/mol.